The van der Waals surface area contributed by atoms with E-state index < -0.39 is 0 Å². The zero-order valence-electron chi connectivity index (χ0n) is 17.3. The van der Waals surface area contributed by atoms with Crippen LogP contribution in [0, 0.1) is 17.8 Å². The van der Waals surface area contributed by atoms with E-state index in [1.807, 2.05) is 0 Å². The largest absolute Gasteiger partial charge is 0.0850 e. The Morgan fingerprint density at radius 2 is 1.54 bits per heavy atom. The first-order chi connectivity index (χ1) is 12.8. The first kappa shape index (κ1) is 19.7. The summed E-state index contributed by atoms with van der Waals surface area (Å²) in [6, 6.07) is 9.28. The molecule has 0 bridgehead atoms. The van der Waals surface area contributed by atoms with Crippen molar-refractivity contribution in [1.82, 2.24) is 0 Å². The number of unbranched alkanes of at least 4 members (excludes halogenated alkanes) is 1. The fraction of sp³-hybridized carbons (Fsp3) is 0.692. The molecule has 0 aromatic heterocycles. The smallest absolute Gasteiger partial charge is 0.0241 e. The number of hydrogen-bond donors (Lipinski definition) is 0. The summed E-state index contributed by atoms with van der Waals surface area (Å²) in [5, 5.41) is 0. The van der Waals surface area contributed by atoms with E-state index in [1.165, 1.54) is 88.2 Å². The fourth-order valence-corrected chi connectivity index (χ4v) is 5.25. The zero-order valence-corrected chi connectivity index (χ0v) is 17.3. The maximum absolute atomic E-state index is 2.62. The van der Waals surface area contributed by atoms with Gasteiger partial charge < -0.3 is 0 Å². The molecule has 1 aromatic carbocycles. The topological polar surface area (TPSA) is 0 Å². The van der Waals surface area contributed by atoms with Gasteiger partial charge in [-0.25, -0.2) is 0 Å². The summed E-state index contributed by atoms with van der Waals surface area (Å²) in [6.07, 6.45) is 20.9. The molecule has 1 unspecified atom stereocenters. The quantitative estimate of drug-likeness (QED) is 0.417. The van der Waals surface area contributed by atoms with Crippen molar-refractivity contribution in [3.05, 3.63) is 47.0 Å². The third-order valence-corrected chi connectivity index (χ3v) is 7.24. The van der Waals surface area contributed by atoms with E-state index in [9.17, 15) is 0 Å². The van der Waals surface area contributed by atoms with Gasteiger partial charge in [-0.15, -0.1) is 0 Å². The van der Waals surface area contributed by atoms with Gasteiger partial charge >= 0.3 is 0 Å². The average molecular weight is 353 g/mol. The minimum absolute atomic E-state index is 0.995. The third kappa shape index (κ3) is 5.73. The molecule has 0 saturated heterocycles. The Kier molecular flexibility index (Phi) is 7.84. The van der Waals surface area contributed by atoms with Crippen LogP contribution in [0.1, 0.15) is 95.6 Å². The standard InChI is InChI=1S/C26H40/c1-3-5-6-22-13-17-25(18-14-22)26-19-15-24(16-20-26)12-11-23-9-7-21(4-2)8-10-23/h7-10,15,22,25-26H,3-6,11-14,16-20H2,1-2H3/t22-,25-,26?. The molecular formula is C26H40. The molecule has 3 rings (SSSR count). The van der Waals surface area contributed by atoms with Gasteiger partial charge in [0.1, 0.15) is 0 Å². The van der Waals surface area contributed by atoms with E-state index in [0.29, 0.717) is 0 Å². The summed E-state index contributed by atoms with van der Waals surface area (Å²) in [4.78, 5) is 0. The maximum atomic E-state index is 2.62. The number of allylic oxidation sites excluding steroid dienone is 2. The Morgan fingerprint density at radius 3 is 2.15 bits per heavy atom. The normalized spacial score (nSPS) is 26.5. The Bertz CT molecular complexity index is 542. The van der Waals surface area contributed by atoms with Gasteiger partial charge in [0.15, 0.2) is 0 Å². The van der Waals surface area contributed by atoms with Gasteiger partial charge in [-0.2, -0.15) is 0 Å². The van der Waals surface area contributed by atoms with Crippen molar-refractivity contribution in [2.75, 3.05) is 0 Å². The van der Waals surface area contributed by atoms with E-state index in [-0.39, 0.29) is 0 Å². The second-order valence-electron chi connectivity index (χ2n) is 8.99. The van der Waals surface area contributed by atoms with E-state index in [2.05, 4.69) is 44.2 Å². The summed E-state index contributed by atoms with van der Waals surface area (Å²) in [5.41, 5.74) is 4.70. The molecule has 1 aromatic rings. The van der Waals surface area contributed by atoms with Gasteiger partial charge in [-0.05, 0) is 80.2 Å². The lowest BCUT2D eigenvalue weighted by atomic mass is 9.70. The van der Waals surface area contributed by atoms with Crippen molar-refractivity contribution < 1.29 is 0 Å². The summed E-state index contributed by atoms with van der Waals surface area (Å²) < 4.78 is 0. The molecular weight excluding hydrogens is 312 g/mol. The Morgan fingerprint density at radius 1 is 0.808 bits per heavy atom. The molecule has 26 heavy (non-hydrogen) atoms. The van der Waals surface area contributed by atoms with Gasteiger partial charge in [0.25, 0.3) is 0 Å². The van der Waals surface area contributed by atoms with Gasteiger partial charge in [0.05, 0.1) is 0 Å². The molecule has 0 heteroatoms. The van der Waals surface area contributed by atoms with Crippen LogP contribution in [-0.4, -0.2) is 0 Å². The SMILES string of the molecule is CCCC[C@H]1CC[C@H](C2CC=C(CCc3ccc(CC)cc3)CC2)CC1. The molecule has 1 saturated carbocycles. The van der Waals surface area contributed by atoms with Crippen molar-refractivity contribution in [3.8, 4) is 0 Å². The third-order valence-electron chi connectivity index (χ3n) is 7.24. The predicted octanol–water partition coefficient (Wildman–Crippen LogP) is 7.90. The molecule has 0 spiro atoms. The highest BCUT2D eigenvalue weighted by Gasteiger charge is 2.28. The highest BCUT2D eigenvalue weighted by Crippen LogP contribution is 2.41. The lowest BCUT2D eigenvalue weighted by Crippen LogP contribution is -2.23. The van der Waals surface area contributed by atoms with Crippen molar-refractivity contribution in [1.29, 1.82) is 0 Å². The summed E-state index contributed by atoms with van der Waals surface area (Å²) in [5.74, 6) is 3.09. The first-order valence-electron chi connectivity index (χ1n) is 11.5. The molecule has 0 radical (unpaired) electrons. The Labute approximate surface area is 162 Å². The van der Waals surface area contributed by atoms with Crippen LogP contribution >= 0.6 is 0 Å². The van der Waals surface area contributed by atoms with Crippen LogP contribution in [0.25, 0.3) is 0 Å². The number of hydrogen-bond acceptors (Lipinski definition) is 0. The molecule has 0 aliphatic heterocycles. The van der Waals surface area contributed by atoms with Gasteiger partial charge in [0.2, 0.25) is 0 Å². The predicted molar refractivity (Wildman–Crippen MR) is 115 cm³/mol. The van der Waals surface area contributed by atoms with Crippen molar-refractivity contribution >= 4 is 0 Å². The molecule has 0 heterocycles. The number of rotatable bonds is 8. The van der Waals surface area contributed by atoms with Crippen LogP contribution in [-0.2, 0) is 12.8 Å². The van der Waals surface area contributed by atoms with Crippen LogP contribution in [0.3, 0.4) is 0 Å². The van der Waals surface area contributed by atoms with Crippen molar-refractivity contribution in [2.24, 2.45) is 17.8 Å². The molecule has 2 aliphatic carbocycles. The second kappa shape index (κ2) is 10.3. The monoisotopic (exact) mass is 352 g/mol. The van der Waals surface area contributed by atoms with E-state index >= 15 is 0 Å². The van der Waals surface area contributed by atoms with Crippen LogP contribution < -0.4 is 0 Å². The van der Waals surface area contributed by atoms with Crippen LogP contribution in [0.5, 0.6) is 0 Å². The Hall–Kier alpha value is -1.04. The fourth-order valence-electron chi connectivity index (χ4n) is 5.25. The second-order valence-corrected chi connectivity index (χ2v) is 8.99. The minimum Gasteiger partial charge on any atom is -0.0850 e. The Balaban J connectivity index is 1.39. The summed E-state index contributed by atoms with van der Waals surface area (Å²) in [6.45, 7) is 4.56. The van der Waals surface area contributed by atoms with E-state index in [0.717, 1.165) is 24.2 Å². The van der Waals surface area contributed by atoms with Gasteiger partial charge in [0, 0.05) is 0 Å². The van der Waals surface area contributed by atoms with Gasteiger partial charge in [-0.1, -0.05) is 81.9 Å². The minimum atomic E-state index is 0.995. The van der Waals surface area contributed by atoms with Crippen molar-refractivity contribution in [2.45, 2.75) is 97.3 Å². The van der Waals surface area contributed by atoms with Crippen LogP contribution in [0.4, 0.5) is 0 Å². The number of benzene rings is 1. The number of aryl methyl sites for hydroxylation is 2. The lowest BCUT2D eigenvalue weighted by molar-refractivity contribution is 0.185. The molecule has 0 amide bonds. The van der Waals surface area contributed by atoms with Crippen LogP contribution in [0.15, 0.2) is 35.9 Å². The molecule has 1 atom stereocenters. The molecule has 2 aliphatic rings. The lowest BCUT2D eigenvalue weighted by Gasteiger charge is -2.35. The van der Waals surface area contributed by atoms with Crippen LogP contribution in [0.2, 0.25) is 0 Å². The average Bonchev–Trinajstić information content (AvgIpc) is 2.72. The van der Waals surface area contributed by atoms with Crippen molar-refractivity contribution in [3.63, 3.8) is 0 Å². The highest BCUT2D eigenvalue weighted by molar-refractivity contribution is 5.23. The van der Waals surface area contributed by atoms with Gasteiger partial charge in [-0.3, -0.25) is 0 Å². The zero-order chi connectivity index (χ0) is 18.2. The van der Waals surface area contributed by atoms with E-state index in [1.54, 1.807) is 5.57 Å². The molecule has 1 fully saturated rings. The molecule has 0 N–H and O–H groups in total. The summed E-state index contributed by atoms with van der Waals surface area (Å²) in [7, 11) is 0. The first-order valence-corrected chi connectivity index (χ1v) is 11.5. The maximum Gasteiger partial charge on any atom is -0.0241 e. The van der Waals surface area contributed by atoms with E-state index in [4.69, 9.17) is 0 Å². The molecule has 144 valence electrons. The molecule has 0 nitrogen and oxygen atoms in total. The highest BCUT2D eigenvalue weighted by atomic mass is 14.3. The summed E-state index contributed by atoms with van der Waals surface area (Å²) >= 11 is 0.